The maximum absolute atomic E-state index is 11.2. The molecule has 1 saturated heterocycles. The van der Waals surface area contributed by atoms with Crippen LogP contribution in [0.4, 0.5) is 0 Å². The molecular formula is C15H24ClN3O2. The highest BCUT2D eigenvalue weighted by atomic mass is 35.5. The summed E-state index contributed by atoms with van der Waals surface area (Å²) >= 11 is 6.07. The van der Waals surface area contributed by atoms with Crippen LogP contribution >= 0.6 is 11.6 Å². The summed E-state index contributed by atoms with van der Waals surface area (Å²) in [5.41, 5.74) is 0.518. The summed E-state index contributed by atoms with van der Waals surface area (Å²) in [4.78, 5) is 18.0. The van der Waals surface area contributed by atoms with E-state index in [2.05, 4.69) is 16.8 Å². The fraction of sp³-hybridized carbons (Fsp3) is 0.733. The summed E-state index contributed by atoms with van der Waals surface area (Å²) in [6.07, 6.45) is 4.86. The molecule has 0 bridgehead atoms. The van der Waals surface area contributed by atoms with Crippen molar-refractivity contribution in [3.05, 3.63) is 16.7 Å². The smallest absolute Gasteiger partial charge is 0.169 e. The lowest BCUT2D eigenvalue weighted by atomic mass is 10.2. The molecule has 5 nitrogen and oxygen atoms in total. The van der Waals surface area contributed by atoms with Gasteiger partial charge in [0, 0.05) is 32.6 Å². The highest BCUT2D eigenvalue weighted by molar-refractivity contribution is 6.31. The Kier molecular flexibility index (Phi) is 6.67. The second kappa shape index (κ2) is 8.51. The van der Waals surface area contributed by atoms with Gasteiger partial charge in [0.15, 0.2) is 11.4 Å². The topological polar surface area (TPSA) is 47.4 Å². The summed E-state index contributed by atoms with van der Waals surface area (Å²) in [5, 5.41) is 0.336. The summed E-state index contributed by atoms with van der Waals surface area (Å²) in [7, 11) is 0. The first kappa shape index (κ1) is 16.5. The Morgan fingerprint density at radius 2 is 2.05 bits per heavy atom. The van der Waals surface area contributed by atoms with E-state index in [1.165, 1.54) is 0 Å². The van der Waals surface area contributed by atoms with E-state index in [9.17, 15) is 4.79 Å². The van der Waals surface area contributed by atoms with Crippen molar-refractivity contribution >= 4 is 17.9 Å². The van der Waals surface area contributed by atoms with Gasteiger partial charge in [-0.05, 0) is 12.8 Å². The van der Waals surface area contributed by atoms with Crippen LogP contribution in [0.5, 0.6) is 0 Å². The molecule has 0 unspecified atom stereocenters. The maximum atomic E-state index is 11.2. The molecule has 0 radical (unpaired) electrons. The SMILES string of the molecule is CCCCc1nc(Cl)c(C=O)n1CCCN1CCOCC1. The number of ether oxygens (including phenoxy) is 1. The third-order valence-corrected chi connectivity index (χ3v) is 4.14. The molecule has 1 fully saturated rings. The average Bonchev–Trinajstić information content (AvgIpc) is 2.81. The zero-order valence-electron chi connectivity index (χ0n) is 12.7. The number of aldehydes is 1. The van der Waals surface area contributed by atoms with E-state index in [-0.39, 0.29) is 0 Å². The van der Waals surface area contributed by atoms with Crippen LogP contribution in [-0.2, 0) is 17.7 Å². The van der Waals surface area contributed by atoms with Crippen molar-refractivity contribution in [1.29, 1.82) is 0 Å². The molecule has 0 aliphatic carbocycles. The van der Waals surface area contributed by atoms with Crippen molar-refractivity contribution in [1.82, 2.24) is 14.5 Å². The number of carbonyl (C=O) groups excluding carboxylic acids is 1. The summed E-state index contributed by atoms with van der Waals surface area (Å²) < 4.78 is 7.34. The Bertz CT molecular complexity index is 456. The third kappa shape index (κ3) is 4.53. The summed E-state index contributed by atoms with van der Waals surface area (Å²) in [6.45, 7) is 7.58. The standard InChI is InChI=1S/C15H24ClN3O2/c1-2-3-5-14-17-15(16)13(12-20)19(14)7-4-6-18-8-10-21-11-9-18/h12H,2-11H2,1H3. The molecule has 0 spiro atoms. The predicted molar refractivity (Wildman–Crippen MR) is 83.1 cm³/mol. The minimum atomic E-state index is 0.336. The molecule has 6 heteroatoms. The zero-order chi connectivity index (χ0) is 15.1. The molecule has 2 rings (SSSR count). The molecule has 0 aromatic carbocycles. The van der Waals surface area contributed by atoms with Gasteiger partial charge in [-0.15, -0.1) is 0 Å². The van der Waals surface area contributed by atoms with Gasteiger partial charge in [0.05, 0.1) is 13.2 Å². The van der Waals surface area contributed by atoms with Crippen molar-refractivity contribution in [3.8, 4) is 0 Å². The van der Waals surface area contributed by atoms with E-state index in [1.807, 2.05) is 4.57 Å². The molecule has 1 aliphatic heterocycles. The van der Waals surface area contributed by atoms with E-state index in [4.69, 9.17) is 16.3 Å². The molecule has 1 aromatic heterocycles. The molecule has 1 aliphatic rings. The fourth-order valence-electron chi connectivity index (χ4n) is 2.65. The molecule has 118 valence electrons. The predicted octanol–water partition coefficient (Wildman–Crippen LogP) is 2.41. The van der Waals surface area contributed by atoms with Crippen molar-refractivity contribution in [2.75, 3.05) is 32.8 Å². The van der Waals surface area contributed by atoms with Gasteiger partial charge in [-0.25, -0.2) is 4.98 Å². The first-order valence-corrected chi connectivity index (χ1v) is 8.14. The number of hydrogen-bond acceptors (Lipinski definition) is 4. The van der Waals surface area contributed by atoms with Gasteiger partial charge in [0.1, 0.15) is 11.5 Å². The van der Waals surface area contributed by atoms with Gasteiger partial charge >= 0.3 is 0 Å². The average molecular weight is 314 g/mol. The third-order valence-electron chi connectivity index (χ3n) is 3.87. The van der Waals surface area contributed by atoms with E-state index in [0.717, 1.165) is 77.2 Å². The minimum absolute atomic E-state index is 0.336. The van der Waals surface area contributed by atoms with Crippen LogP contribution in [0, 0.1) is 0 Å². The lowest BCUT2D eigenvalue weighted by molar-refractivity contribution is 0.0369. The van der Waals surface area contributed by atoms with Gasteiger partial charge < -0.3 is 9.30 Å². The largest absolute Gasteiger partial charge is 0.379 e. The monoisotopic (exact) mass is 313 g/mol. The van der Waals surface area contributed by atoms with Crippen molar-refractivity contribution in [2.45, 2.75) is 39.2 Å². The van der Waals surface area contributed by atoms with E-state index in [1.54, 1.807) is 0 Å². The number of rotatable bonds is 8. The van der Waals surface area contributed by atoms with Crippen LogP contribution in [0.25, 0.3) is 0 Å². The Hall–Kier alpha value is -0.910. The van der Waals surface area contributed by atoms with Crippen molar-refractivity contribution in [2.24, 2.45) is 0 Å². The number of hydrogen-bond donors (Lipinski definition) is 0. The number of carbonyl (C=O) groups is 1. The summed E-state index contributed by atoms with van der Waals surface area (Å²) in [6, 6.07) is 0. The van der Waals surface area contributed by atoms with Gasteiger partial charge in [-0.2, -0.15) is 0 Å². The number of unbranched alkanes of at least 4 members (excludes halogenated alkanes) is 1. The highest BCUT2D eigenvalue weighted by Gasteiger charge is 2.15. The van der Waals surface area contributed by atoms with Gasteiger partial charge in [0.25, 0.3) is 0 Å². The van der Waals surface area contributed by atoms with Crippen LogP contribution in [-0.4, -0.2) is 53.6 Å². The normalized spacial score (nSPS) is 16.3. The van der Waals surface area contributed by atoms with Gasteiger partial charge in [-0.1, -0.05) is 24.9 Å². The van der Waals surface area contributed by atoms with Crippen LogP contribution in [0.2, 0.25) is 5.15 Å². The summed E-state index contributed by atoms with van der Waals surface area (Å²) in [5.74, 6) is 0.936. The first-order chi connectivity index (χ1) is 10.3. The number of morpholine rings is 1. The van der Waals surface area contributed by atoms with Gasteiger partial charge in [0.2, 0.25) is 0 Å². The Labute approximate surface area is 131 Å². The second-order valence-corrected chi connectivity index (χ2v) is 5.74. The van der Waals surface area contributed by atoms with E-state index < -0.39 is 0 Å². The fourth-order valence-corrected chi connectivity index (χ4v) is 2.89. The quantitative estimate of drug-likeness (QED) is 0.692. The van der Waals surface area contributed by atoms with Crippen molar-refractivity contribution in [3.63, 3.8) is 0 Å². The number of imidazole rings is 1. The van der Waals surface area contributed by atoms with Crippen LogP contribution in [0.1, 0.15) is 42.5 Å². The Morgan fingerprint density at radius 1 is 1.29 bits per heavy atom. The molecule has 0 N–H and O–H groups in total. The number of aryl methyl sites for hydroxylation is 1. The number of aromatic nitrogens is 2. The van der Waals surface area contributed by atoms with Crippen LogP contribution in [0.3, 0.4) is 0 Å². The Morgan fingerprint density at radius 3 is 2.71 bits per heavy atom. The van der Waals surface area contributed by atoms with Crippen molar-refractivity contribution < 1.29 is 9.53 Å². The van der Waals surface area contributed by atoms with Crippen LogP contribution < -0.4 is 0 Å². The lowest BCUT2D eigenvalue weighted by Crippen LogP contribution is -2.37. The van der Waals surface area contributed by atoms with Crippen LogP contribution in [0.15, 0.2) is 0 Å². The first-order valence-electron chi connectivity index (χ1n) is 7.76. The Balaban J connectivity index is 1.94. The zero-order valence-corrected chi connectivity index (χ0v) is 13.4. The number of halogens is 1. The van der Waals surface area contributed by atoms with E-state index >= 15 is 0 Å². The maximum Gasteiger partial charge on any atom is 0.169 e. The highest BCUT2D eigenvalue weighted by Crippen LogP contribution is 2.18. The lowest BCUT2D eigenvalue weighted by Gasteiger charge is -2.26. The van der Waals surface area contributed by atoms with Gasteiger partial charge in [-0.3, -0.25) is 9.69 Å². The molecular weight excluding hydrogens is 290 g/mol. The molecule has 0 saturated carbocycles. The van der Waals surface area contributed by atoms with E-state index in [0.29, 0.717) is 10.8 Å². The molecule has 0 atom stereocenters. The minimum Gasteiger partial charge on any atom is -0.379 e. The second-order valence-electron chi connectivity index (χ2n) is 5.38. The molecule has 1 aromatic rings. The molecule has 0 amide bonds. The molecule has 21 heavy (non-hydrogen) atoms. The molecule has 2 heterocycles. The number of nitrogens with zero attached hydrogens (tertiary/aromatic N) is 3.